The molecule has 0 bridgehead atoms. The summed E-state index contributed by atoms with van der Waals surface area (Å²) >= 11 is 0. The van der Waals surface area contributed by atoms with Crippen LogP contribution in [0.25, 0.3) is 0 Å². The number of hydrogen-bond acceptors (Lipinski definition) is 3. The van der Waals surface area contributed by atoms with Crippen molar-refractivity contribution >= 4 is 12.0 Å². The number of ether oxygens (including phenoxy) is 1. The van der Waals surface area contributed by atoms with Gasteiger partial charge < -0.3 is 20.5 Å². The molecule has 6 nitrogen and oxygen atoms in total. The largest absolute Gasteiger partial charge is 0.480 e. The Labute approximate surface area is 107 Å². The molecule has 6 heteroatoms. The number of hydrogen-bond donors (Lipinski definition) is 3. The fourth-order valence-corrected chi connectivity index (χ4v) is 1.89. The molecule has 1 aliphatic rings. The number of carboxylic acid groups (broad SMARTS) is 1. The van der Waals surface area contributed by atoms with Gasteiger partial charge in [0.1, 0.15) is 6.04 Å². The molecule has 1 aliphatic heterocycles. The minimum absolute atomic E-state index is 0.0645. The zero-order valence-corrected chi connectivity index (χ0v) is 10.8. The summed E-state index contributed by atoms with van der Waals surface area (Å²) in [7, 11) is 0. The number of urea groups is 1. The maximum atomic E-state index is 11.5. The van der Waals surface area contributed by atoms with Crippen molar-refractivity contribution in [3.8, 4) is 0 Å². The van der Waals surface area contributed by atoms with E-state index in [2.05, 4.69) is 10.6 Å². The van der Waals surface area contributed by atoms with Gasteiger partial charge in [0, 0.05) is 13.2 Å². The van der Waals surface area contributed by atoms with Crippen LogP contribution in [-0.2, 0) is 9.53 Å². The van der Waals surface area contributed by atoms with Gasteiger partial charge in [-0.2, -0.15) is 0 Å². The molecule has 0 aromatic heterocycles. The molecule has 1 fully saturated rings. The molecule has 0 saturated carbocycles. The summed E-state index contributed by atoms with van der Waals surface area (Å²) in [5, 5.41) is 14.1. The molecular weight excluding hydrogens is 236 g/mol. The third-order valence-electron chi connectivity index (χ3n) is 2.96. The smallest absolute Gasteiger partial charge is 0.326 e. The van der Waals surface area contributed by atoms with Gasteiger partial charge in [0.15, 0.2) is 0 Å². The number of unbranched alkanes of at least 4 members (excludes halogenated alkanes) is 1. The second kappa shape index (κ2) is 7.92. The van der Waals surface area contributed by atoms with E-state index in [1.165, 1.54) is 0 Å². The van der Waals surface area contributed by atoms with E-state index in [1.54, 1.807) is 0 Å². The van der Waals surface area contributed by atoms with Gasteiger partial charge in [-0.1, -0.05) is 19.8 Å². The van der Waals surface area contributed by atoms with E-state index < -0.39 is 18.0 Å². The fourth-order valence-electron chi connectivity index (χ4n) is 1.89. The number of amides is 2. The lowest BCUT2D eigenvalue weighted by molar-refractivity contribution is -0.139. The van der Waals surface area contributed by atoms with Crippen molar-refractivity contribution in [1.29, 1.82) is 0 Å². The highest BCUT2D eigenvalue weighted by Crippen LogP contribution is 2.10. The highest BCUT2D eigenvalue weighted by molar-refractivity contribution is 5.82. The maximum absolute atomic E-state index is 11.5. The molecule has 0 aliphatic carbocycles. The van der Waals surface area contributed by atoms with Crippen molar-refractivity contribution in [3.63, 3.8) is 0 Å². The van der Waals surface area contributed by atoms with E-state index in [0.29, 0.717) is 13.0 Å². The van der Waals surface area contributed by atoms with Crippen molar-refractivity contribution in [2.45, 2.75) is 51.2 Å². The van der Waals surface area contributed by atoms with Gasteiger partial charge in [-0.25, -0.2) is 9.59 Å². The van der Waals surface area contributed by atoms with Crippen LogP contribution in [0.2, 0.25) is 0 Å². The number of nitrogens with one attached hydrogen (secondary N) is 2. The Bertz CT molecular complexity index is 277. The first-order chi connectivity index (χ1) is 8.63. The van der Waals surface area contributed by atoms with Crippen LogP contribution in [0, 0.1) is 0 Å². The molecule has 3 N–H and O–H groups in total. The van der Waals surface area contributed by atoms with Gasteiger partial charge >= 0.3 is 12.0 Å². The Morgan fingerprint density at radius 1 is 1.50 bits per heavy atom. The number of carbonyl (C=O) groups is 2. The first-order valence-electron chi connectivity index (χ1n) is 6.52. The third-order valence-corrected chi connectivity index (χ3v) is 2.96. The van der Waals surface area contributed by atoms with Crippen LogP contribution in [0.3, 0.4) is 0 Å². The first kappa shape index (κ1) is 14.8. The summed E-state index contributed by atoms with van der Waals surface area (Å²) in [4.78, 5) is 22.5. The number of aliphatic carboxylic acids is 1. The summed E-state index contributed by atoms with van der Waals surface area (Å²) in [6.07, 6.45) is 4.17. The second-order valence-corrected chi connectivity index (χ2v) is 4.52. The quantitative estimate of drug-likeness (QED) is 0.638. The minimum Gasteiger partial charge on any atom is -0.480 e. The molecule has 0 spiro atoms. The Morgan fingerprint density at radius 2 is 2.28 bits per heavy atom. The second-order valence-electron chi connectivity index (χ2n) is 4.52. The van der Waals surface area contributed by atoms with Crippen LogP contribution in [0.4, 0.5) is 4.79 Å². The molecule has 0 aromatic rings. The van der Waals surface area contributed by atoms with E-state index in [-0.39, 0.29) is 6.10 Å². The van der Waals surface area contributed by atoms with Gasteiger partial charge in [0.2, 0.25) is 0 Å². The van der Waals surface area contributed by atoms with Crippen molar-refractivity contribution in [2.24, 2.45) is 0 Å². The molecule has 2 atom stereocenters. The zero-order chi connectivity index (χ0) is 13.4. The predicted molar refractivity (Wildman–Crippen MR) is 66.5 cm³/mol. The summed E-state index contributed by atoms with van der Waals surface area (Å²) in [5.74, 6) is -0.990. The first-order valence-corrected chi connectivity index (χ1v) is 6.52. The Balaban J connectivity index is 2.24. The third kappa shape index (κ3) is 5.35. The molecule has 1 heterocycles. The van der Waals surface area contributed by atoms with Crippen LogP contribution >= 0.6 is 0 Å². The molecule has 0 radical (unpaired) electrons. The average molecular weight is 258 g/mol. The predicted octanol–water partition coefficient (Wildman–Crippen LogP) is 1.11. The molecular formula is C12H22N2O4. The lowest BCUT2D eigenvalue weighted by Crippen LogP contribution is -2.47. The Hall–Kier alpha value is -1.30. The van der Waals surface area contributed by atoms with Crippen LogP contribution in [0.1, 0.15) is 39.0 Å². The maximum Gasteiger partial charge on any atom is 0.326 e. The highest BCUT2D eigenvalue weighted by Gasteiger charge is 2.20. The summed E-state index contributed by atoms with van der Waals surface area (Å²) in [6.45, 7) is 3.16. The standard InChI is InChI=1S/C12H22N2O4/c1-2-3-6-10(11(15)16)14-12(17)13-8-9-5-4-7-18-9/h9-10H,2-8H2,1H3,(H,15,16)(H2,13,14,17). The molecule has 104 valence electrons. The molecule has 1 saturated heterocycles. The number of carboxylic acids is 1. The topological polar surface area (TPSA) is 87.7 Å². The average Bonchev–Trinajstić information content (AvgIpc) is 2.84. The van der Waals surface area contributed by atoms with E-state index in [0.717, 1.165) is 32.3 Å². The monoisotopic (exact) mass is 258 g/mol. The summed E-state index contributed by atoms with van der Waals surface area (Å²) in [5.41, 5.74) is 0. The van der Waals surface area contributed by atoms with Crippen LogP contribution in [0.5, 0.6) is 0 Å². The van der Waals surface area contributed by atoms with Crippen LogP contribution in [-0.4, -0.2) is 42.4 Å². The number of carbonyl (C=O) groups excluding carboxylic acids is 1. The van der Waals surface area contributed by atoms with E-state index in [1.807, 2.05) is 6.92 Å². The van der Waals surface area contributed by atoms with Crippen molar-refractivity contribution in [3.05, 3.63) is 0 Å². The van der Waals surface area contributed by atoms with Gasteiger partial charge in [-0.15, -0.1) is 0 Å². The van der Waals surface area contributed by atoms with Gasteiger partial charge in [0.25, 0.3) is 0 Å². The molecule has 0 aromatic carbocycles. The van der Waals surface area contributed by atoms with Gasteiger partial charge in [-0.3, -0.25) is 0 Å². The van der Waals surface area contributed by atoms with Crippen molar-refractivity contribution < 1.29 is 19.4 Å². The normalized spacial score (nSPS) is 20.4. The lowest BCUT2D eigenvalue weighted by Gasteiger charge is -2.16. The zero-order valence-electron chi connectivity index (χ0n) is 10.8. The van der Waals surface area contributed by atoms with Crippen LogP contribution < -0.4 is 10.6 Å². The molecule has 2 amide bonds. The Kier molecular flexibility index (Phi) is 6.49. The van der Waals surface area contributed by atoms with E-state index in [9.17, 15) is 9.59 Å². The van der Waals surface area contributed by atoms with Crippen LogP contribution in [0.15, 0.2) is 0 Å². The molecule has 1 rings (SSSR count). The SMILES string of the molecule is CCCCC(NC(=O)NCC1CCCO1)C(=O)O. The number of rotatable bonds is 7. The fraction of sp³-hybridized carbons (Fsp3) is 0.833. The minimum atomic E-state index is -0.990. The van der Waals surface area contributed by atoms with Crippen molar-refractivity contribution in [2.75, 3.05) is 13.2 Å². The Morgan fingerprint density at radius 3 is 2.83 bits per heavy atom. The molecule has 2 unspecified atom stereocenters. The summed E-state index contributed by atoms with van der Waals surface area (Å²) < 4.78 is 5.36. The lowest BCUT2D eigenvalue weighted by atomic mass is 10.1. The van der Waals surface area contributed by atoms with Crippen molar-refractivity contribution in [1.82, 2.24) is 10.6 Å². The molecule has 18 heavy (non-hydrogen) atoms. The van der Waals surface area contributed by atoms with E-state index in [4.69, 9.17) is 9.84 Å². The van der Waals surface area contributed by atoms with Gasteiger partial charge in [0.05, 0.1) is 6.10 Å². The highest BCUT2D eigenvalue weighted by atomic mass is 16.5. The van der Waals surface area contributed by atoms with E-state index >= 15 is 0 Å². The summed E-state index contributed by atoms with van der Waals surface area (Å²) in [6, 6.07) is -1.25. The van der Waals surface area contributed by atoms with Gasteiger partial charge in [-0.05, 0) is 19.3 Å².